The third kappa shape index (κ3) is 4.72. The van der Waals surface area contributed by atoms with Crippen LogP contribution in [0.5, 0.6) is 11.5 Å². The highest BCUT2D eigenvalue weighted by molar-refractivity contribution is 5.94. The molecule has 4 rings (SSSR count). The molecule has 0 radical (unpaired) electrons. The molecule has 2 aromatic carbocycles. The van der Waals surface area contributed by atoms with E-state index in [0.29, 0.717) is 24.5 Å². The number of hydrogen-bond acceptors (Lipinski definition) is 5. The minimum absolute atomic E-state index is 0.155. The van der Waals surface area contributed by atoms with Gasteiger partial charge in [-0.2, -0.15) is 0 Å². The van der Waals surface area contributed by atoms with Gasteiger partial charge in [0.05, 0.1) is 30.8 Å². The number of ether oxygens (including phenoxy) is 2. The highest BCUT2D eigenvalue weighted by Gasteiger charge is 2.19. The van der Waals surface area contributed by atoms with Crippen molar-refractivity contribution in [2.75, 3.05) is 13.7 Å². The summed E-state index contributed by atoms with van der Waals surface area (Å²) in [4.78, 5) is 21.4. The molecule has 32 heavy (non-hydrogen) atoms. The normalized spacial score (nSPS) is 11.8. The van der Waals surface area contributed by atoms with Gasteiger partial charge < -0.3 is 19.4 Å². The van der Waals surface area contributed by atoms with E-state index in [-0.39, 0.29) is 11.9 Å². The summed E-state index contributed by atoms with van der Waals surface area (Å²) in [5.41, 5.74) is 2.50. The second-order valence-electron chi connectivity index (χ2n) is 7.39. The summed E-state index contributed by atoms with van der Waals surface area (Å²) in [6, 6.07) is 18.7. The monoisotopic (exact) mass is 430 g/mol. The lowest BCUT2D eigenvalue weighted by Crippen LogP contribution is -2.28. The predicted molar refractivity (Wildman–Crippen MR) is 123 cm³/mol. The molecule has 7 nitrogen and oxygen atoms in total. The molecule has 164 valence electrons. The third-order valence-electron chi connectivity index (χ3n) is 5.21. The summed E-state index contributed by atoms with van der Waals surface area (Å²) in [6.45, 7) is 3.19. The molecule has 4 aromatic rings. The van der Waals surface area contributed by atoms with Crippen LogP contribution in [-0.2, 0) is 6.54 Å². The molecular weight excluding hydrogens is 404 g/mol. The van der Waals surface area contributed by atoms with E-state index in [2.05, 4.69) is 14.9 Å². The number of amides is 1. The van der Waals surface area contributed by atoms with Crippen molar-refractivity contribution in [1.82, 2.24) is 19.9 Å². The number of carbonyl (C=O) groups is 1. The van der Waals surface area contributed by atoms with Gasteiger partial charge in [-0.25, -0.2) is 4.98 Å². The Hall–Kier alpha value is -3.87. The standard InChI is InChI=1S/C25H26N4O3/c1-18(27-25(30)19-12-14-26-15-13-19)24-28-20-8-3-4-9-21(20)29(24)16-7-17-32-23-11-6-5-10-22(23)31-2/h3-6,8-15,18H,7,16-17H2,1-2H3,(H,27,30). The summed E-state index contributed by atoms with van der Waals surface area (Å²) >= 11 is 0. The van der Waals surface area contributed by atoms with Gasteiger partial charge in [0, 0.05) is 24.5 Å². The average molecular weight is 431 g/mol. The van der Waals surface area contributed by atoms with Crippen molar-refractivity contribution in [1.29, 1.82) is 0 Å². The van der Waals surface area contributed by atoms with Crippen LogP contribution >= 0.6 is 0 Å². The van der Waals surface area contributed by atoms with Gasteiger partial charge in [0.15, 0.2) is 11.5 Å². The Morgan fingerprint density at radius 3 is 2.53 bits per heavy atom. The number of pyridine rings is 1. The zero-order valence-electron chi connectivity index (χ0n) is 18.2. The number of benzene rings is 2. The van der Waals surface area contributed by atoms with Crippen molar-refractivity contribution in [3.8, 4) is 11.5 Å². The first-order valence-electron chi connectivity index (χ1n) is 10.6. The van der Waals surface area contributed by atoms with Crippen LogP contribution in [-0.4, -0.2) is 34.2 Å². The first kappa shape index (κ1) is 21.4. The lowest BCUT2D eigenvalue weighted by atomic mass is 10.2. The molecule has 0 aliphatic carbocycles. The number of nitrogens with zero attached hydrogens (tertiary/aromatic N) is 3. The fraction of sp³-hybridized carbons (Fsp3) is 0.240. The maximum absolute atomic E-state index is 12.6. The highest BCUT2D eigenvalue weighted by Crippen LogP contribution is 2.26. The van der Waals surface area contributed by atoms with Crippen LogP contribution in [0.3, 0.4) is 0 Å². The Labute approximate surface area is 187 Å². The smallest absolute Gasteiger partial charge is 0.251 e. The van der Waals surface area contributed by atoms with Gasteiger partial charge in [-0.3, -0.25) is 9.78 Å². The molecule has 1 N–H and O–H groups in total. The van der Waals surface area contributed by atoms with Gasteiger partial charge in [-0.05, 0) is 49.7 Å². The molecule has 2 heterocycles. The van der Waals surface area contributed by atoms with Crippen molar-refractivity contribution in [3.63, 3.8) is 0 Å². The maximum Gasteiger partial charge on any atom is 0.251 e. The lowest BCUT2D eigenvalue weighted by Gasteiger charge is -2.17. The van der Waals surface area contributed by atoms with Crippen molar-refractivity contribution >= 4 is 16.9 Å². The number of aryl methyl sites for hydroxylation is 1. The Morgan fingerprint density at radius 2 is 1.75 bits per heavy atom. The lowest BCUT2D eigenvalue weighted by molar-refractivity contribution is 0.0937. The first-order chi connectivity index (χ1) is 15.7. The summed E-state index contributed by atoms with van der Waals surface area (Å²) in [5.74, 6) is 2.10. The van der Waals surface area contributed by atoms with Crippen molar-refractivity contribution < 1.29 is 14.3 Å². The fourth-order valence-electron chi connectivity index (χ4n) is 3.65. The number of imidazole rings is 1. The minimum Gasteiger partial charge on any atom is -0.493 e. The maximum atomic E-state index is 12.6. The zero-order valence-corrected chi connectivity index (χ0v) is 18.2. The van der Waals surface area contributed by atoms with E-state index < -0.39 is 0 Å². The second kappa shape index (κ2) is 9.96. The van der Waals surface area contributed by atoms with Crippen LogP contribution in [0.2, 0.25) is 0 Å². The molecule has 0 aliphatic rings. The highest BCUT2D eigenvalue weighted by atomic mass is 16.5. The Morgan fingerprint density at radius 1 is 1.03 bits per heavy atom. The van der Waals surface area contributed by atoms with Crippen molar-refractivity contribution in [2.45, 2.75) is 25.9 Å². The molecule has 1 atom stereocenters. The van der Waals surface area contributed by atoms with Gasteiger partial charge in [0.2, 0.25) is 0 Å². The number of rotatable bonds is 9. The van der Waals surface area contributed by atoms with Crippen LogP contribution < -0.4 is 14.8 Å². The molecule has 0 fully saturated rings. The molecule has 0 aliphatic heterocycles. The molecule has 0 spiro atoms. The van der Waals surface area contributed by atoms with Crippen LogP contribution in [0.15, 0.2) is 73.1 Å². The van der Waals surface area contributed by atoms with Crippen LogP contribution in [0.4, 0.5) is 0 Å². The Kier molecular flexibility index (Phi) is 6.65. The molecule has 0 saturated heterocycles. The largest absolute Gasteiger partial charge is 0.493 e. The second-order valence-corrected chi connectivity index (χ2v) is 7.39. The van der Waals surface area contributed by atoms with Crippen LogP contribution in [0, 0.1) is 0 Å². The predicted octanol–water partition coefficient (Wildman–Crippen LogP) is 4.40. The first-order valence-corrected chi connectivity index (χ1v) is 10.6. The van der Waals surface area contributed by atoms with E-state index in [0.717, 1.165) is 29.0 Å². The zero-order chi connectivity index (χ0) is 22.3. The number of carbonyl (C=O) groups excluding carboxylic acids is 1. The van der Waals surface area contributed by atoms with Gasteiger partial charge in [-0.1, -0.05) is 24.3 Å². The van der Waals surface area contributed by atoms with Crippen molar-refractivity contribution in [3.05, 3.63) is 84.4 Å². The van der Waals surface area contributed by atoms with E-state index in [9.17, 15) is 4.79 Å². The number of para-hydroxylation sites is 4. The number of fused-ring (bicyclic) bond motifs is 1. The molecular formula is C25H26N4O3. The molecule has 1 unspecified atom stereocenters. The van der Waals surface area contributed by atoms with Gasteiger partial charge in [0.1, 0.15) is 5.82 Å². The summed E-state index contributed by atoms with van der Waals surface area (Å²) in [5, 5.41) is 3.05. The molecule has 0 bridgehead atoms. The number of nitrogens with one attached hydrogen (secondary N) is 1. The SMILES string of the molecule is COc1ccccc1OCCCn1c(C(C)NC(=O)c2ccncc2)nc2ccccc21. The minimum atomic E-state index is -0.266. The summed E-state index contributed by atoms with van der Waals surface area (Å²) in [7, 11) is 1.63. The van der Waals surface area contributed by atoms with E-state index in [4.69, 9.17) is 14.5 Å². The fourth-order valence-corrected chi connectivity index (χ4v) is 3.65. The van der Waals surface area contributed by atoms with Gasteiger partial charge in [0.25, 0.3) is 5.91 Å². The molecule has 0 saturated carbocycles. The summed E-state index contributed by atoms with van der Waals surface area (Å²) in [6.07, 6.45) is 3.99. The summed E-state index contributed by atoms with van der Waals surface area (Å²) < 4.78 is 13.4. The molecule has 2 aromatic heterocycles. The Bertz CT molecular complexity index is 1190. The number of aromatic nitrogens is 3. The Balaban J connectivity index is 1.48. The van der Waals surface area contributed by atoms with Gasteiger partial charge >= 0.3 is 0 Å². The van der Waals surface area contributed by atoms with Crippen LogP contribution in [0.25, 0.3) is 11.0 Å². The third-order valence-corrected chi connectivity index (χ3v) is 5.21. The quantitative estimate of drug-likeness (QED) is 0.398. The van der Waals surface area contributed by atoms with Crippen molar-refractivity contribution in [2.24, 2.45) is 0 Å². The average Bonchev–Trinajstić information content (AvgIpc) is 3.21. The van der Waals surface area contributed by atoms with Crippen LogP contribution in [0.1, 0.15) is 35.6 Å². The topological polar surface area (TPSA) is 78.3 Å². The van der Waals surface area contributed by atoms with E-state index in [1.807, 2.05) is 55.5 Å². The number of hydrogen-bond donors (Lipinski definition) is 1. The van der Waals surface area contributed by atoms with Gasteiger partial charge in [-0.15, -0.1) is 0 Å². The molecule has 1 amide bonds. The number of methoxy groups -OCH3 is 1. The van der Waals surface area contributed by atoms with E-state index in [1.54, 1.807) is 31.6 Å². The van der Waals surface area contributed by atoms with E-state index in [1.165, 1.54) is 0 Å². The van der Waals surface area contributed by atoms with E-state index >= 15 is 0 Å². The molecule has 7 heteroatoms.